The van der Waals surface area contributed by atoms with Gasteiger partial charge < -0.3 is 4.57 Å². The number of hydrogen-bond donors (Lipinski definition) is 1. The van der Waals surface area contributed by atoms with Crippen LogP contribution in [0.4, 0.5) is 0 Å². The normalized spacial score (nSPS) is 12.2. The van der Waals surface area contributed by atoms with E-state index in [1.165, 1.54) is 59.6 Å². The Morgan fingerprint density at radius 3 is 1.85 bits per heavy atom. The zero-order chi connectivity index (χ0) is 39.3. The summed E-state index contributed by atoms with van der Waals surface area (Å²) < 4.78 is 2.32. The van der Waals surface area contributed by atoms with Crippen molar-refractivity contribution in [1.29, 1.82) is 5.41 Å². The van der Waals surface area contributed by atoms with Crippen molar-refractivity contribution >= 4 is 82.5 Å². The topological polar surface area (TPSA) is 41.1 Å². The number of fused-ring (bicyclic) bond motifs is 8. The second-order valence-corrected chi connectivity index (χ2v) is 15.1. The molecule has 0 amide bonds. The smallest absolute Gasteiger partial charge is 0.152 e. The molecule has 0 spiro atoms. The number of nitrogens with zero attached hydrogens (tertiary/aromatic N) is 2. The fraction of sp³-hybridized carbons (Fsp3) is 0. The molecule has 0 fully saturated rings. The van der Waals surface area contributed by atoms with E-state index in [0.717, 1.165) is 38.8 Å². The van der Waals surface area contributed by atoms with E-state index in [0.29, 0.717) is 5.71 Å². The number of aliphatic imine (C=N–C) groups is 1. The van der Waals surface area contributed by atoms with E-state index in [-0.39, 0.29) is 5.84 Å². The third-order valence-corrected chi connectivity index (χ3v) is 11.6. The zero-order valence-corrected chi connectivity index (χ0v) is 32.2. The van der Waals surface area contributed by atoms with E-state index in [1.54, 1.807) is 0 Å². The lowest BCUT2D eigenvalue weighted by molar-refractivity contribution is 1.17. The Morgan fingerprint density at radius 2 is 1.05 bits per heavy atom. The number of nitrogens with one attached hydrogen (secondary N) is 1. The van der Waals surface area contributed by atoms with Crippen LogP contribution in [-0.4, -0.2) is 16.1 Å². The molecule has 0 atom stereocenters. The van der Waals surface area contributed by atoms with E-state index in [1.807, 2.05) is 30.3 Å². The predicted octanol–water partition coefficient (Wildman–Crippen LogP) is 14.6. The molecule has 0 aliphatic carbocycles. The van der Waals surface area contributed by atoms with Crippen LogP contribution in [0.2, 0.25) is 0 Å². The van der Waals surface area contributed by atoms with E-state index in [9.17, 15) is 0 Å². The van der Waals surface area contributed by atoms with Gasteiger partial charge in [-0.1, -0.05) is 176 Å². The molecule has 0 radical (unpaired) electrons. The van der Waals surface area contributed by atoms with Crippen LogP contribution in [0.5, 0.6) is 0 Å². The van der Waals surface area contributed by atoms with Gasteiger partial charge in [-0.05, 0) is 102 Å². The van der Waals surface area contributed by atoms with Crippen LogP contribution < -0.4 is 0 Å². The molecule has 11 aromatic rings. The Balaban J connectivity index is 1.02. The first-order chi connectivity index (χ1) is 29.2. The van der Waals surface area contributed by atoms with Gasteiger partial charge in [0, 0.05) is 21.9 Å². The minimum atomic E-state index is 0.210. The Morgan fingerprint density at radius 1 is 0.441 bits per heavy atom. The van der Waals surface area contributed by atoms with Crippen LogP contribution in [0.15, 0.2) is 217 Å². The highest BCUT2D eigenvalue weighted by Gasteiger charge is 2.17. The molecule has 59 heavy (non-hydrogen) atoms. The summed E-state index contributed by atoms with van der Waals surface area (Å²) in [5, 5.41) is 21.4. The lowest BCUT2D eigenvalue weighted by Gasteiger charge is -2.15. The summed E-state index contributed by atoms with van der Waals surface area (Å²) in [5.74, 6) is 0.210. The number of allylic oxidation sites excluding steroid dienone is 1. The van der Waals surface area contributed by atoms with Crippen LogP contribution >= 0.6 is 0 Å². The predicted molar refractivity (Wildman–Crippen MR) is 252 cm³/mol. The average molecular weight is 752 g/mol. The molecule has 0 aliphatic heterocycles. The quantitative estimate of drug-likeness (QED) is 0.0761. The number of rotatable bonds is 6. The van der Waals surface area contributed by atoms with Crippen molar-refractivity contribution in [2.45, 2.75) is 0 Å². The largest absolute Gasteiger partial charge is 0.309 e. The molecule has 10 aromatic carbocycles. The highest BCUT2D eigenvalue weighted by atomic mass is 15.0. The van der Waals surface area contributed by atoms with Gasteiger partial charge in [-0.2, -0.15) is 0 Å². The summed E-state index contributed by atoms with van der Waals surface area (Å²) >= 11 is 0. The molecule has 276 valence electrons. The second kappa shape index (κ2) is 14.3. The van der Waals surface area contributed by atoms with Crippen molar-refractivity contribution in [2.24, 2.45) is 4.99 Å². The summed E-state index contributed by atoms with van der Waals surface area (Å²) in [4.78, 5) is 5.04. The first kappa shape index (κ1) is 34.4. The van der Waals surface area contributed by atoms with Gasteiger partial charge in [-0.25, -0.2) is 4.99 Å². The van der Waals surface area contributed by atoms with Crippen LogP contribution in [0.1, 0.15) is 16.7 Å². The van der Waals surface area contributed by atoms with Gasteiger partial charge in [-0.15, -0.1) is 0 Å². The maximum Gasteiger partial charge on any atom is 0.152 e. The van der Waals surface area contributed by atoms with Crippen molar-refractivity contribution in [3.05, 3.63) is 229 Å². The number of hydrogen-bond acceptors (Lipinski definition) is 1. The summed E-state index contributed by atoms with van der Waals surface area (Å²) in [6.07, 6.45) is 4.18. The van der Waals surface area contributed by atoms with Gasteiger partial charge in [0.1, 0.15) is 0 Å². The molecule has 3 nitrogen and oxygen atoms in total. The molecule has 1 N–H and O–H groups in total. The highest BCUT2D eigenvalue weighted by Crippen LogP contribution is 2.40. The van der Waals surface area contributed by atoms with Crippen molar-refractivity contribution in [3.8, 4) is 16.8 Å². The number of aromatic nitrogens is 1. The first-order valence-electron chi connectivity index (χ1n) is 20.0. The highest BCUT2D eigenvalue weighted by molar-refractivity contribution is 6.21. The number of amidine groups is 1. The van der Waals surface area contributed by atoms with Gasteiger partial charge in [-0.3, -0.25) is 5.41 Å². The van der Waals surface area contributed by atoms with Crippen LogP contribution in [0.3, 0.4) is 0 Å². The van der Waals surface area contributed by atoms with Gasteiger partial charge >= 0.3 is 0 Å². The third-order valence-electron chi connectivity index (χ3n) is 11.6. The van der Waals surface area contributed by atoms with E-state index in [4.69, 9.17) is 10.4 Å². The fourth-order valence-corrected chi connectivity index (χ4v) is 8.87. The van der Waals surface area contributed by atoms with Gasteiger partial charge in [0.2, 0.25) is 0 Å². The molecule has 1 aromatic heterocycles. The fourth-order valence-electron chi connectivity index (χ4n) is 8.87. The van der Waals surface area contributed by atoms with Crippen molar-refractivity contribution < 1.29 is 0 Å². The van der Waals surface area contributed by atoms with Crippen LogP contribution in [0.25, 0.3) is 87.8 Å². The molecule has 1 heterocycles. The Bertz CT molecular complexity index is 3460. The molecule has 0 aliphatic rings. The average Bonchev–Trinajstić information content (AvgIpc) is 3.64. The minimum Gasteiger partial charge on any atom is -0.309 e. The molecule has 3 heteroatoms. The van der Waals surface area contributed by atoms with Crippen molar-refractivity contribution in [2.75, 3.05) is 0 Å². The van der Waals surface area contributed by atoms with Crippen LogP contribution in [0, 0.1) is 5.41 Å². The lowest BCUT2D eigenvalue weighted by Crippen LogP contribution is -2.08. The second-order valence-electron chi connectivity index (χ2n) is 15.1. The van der Waals surface area contributed by atoms with Gasteiger partial charge in [0.15, 0.2) is 5.84 Å². The molecular formula is C56H37N3. The number of benzene rings is 10. The van der Waals surface area contributed by atoms with Gasteiger partial charge in [0.05, 0.1) is 22.4 Å². The zero-order valence-electron chi connectivity index (χ0n) is 32.2. The van der Waals surface area contributed by atoms with Crippen molar-refractivity contribution in [3.63, 3.8) is 0 Å². The monoisotopic (exact) mass is 751 g/mol. The van der Waals surface area contributed by atoms with E-state index < -0.39 is 0 Å². The molecule has 0 unspecified atom stereocenters. The summed E-state index contributed by atoms with van der Waals surface area (Å²) in [5.41, 5.74) is 9.20. The van der Waals surface area contributed by atoms with E-state index in [2.05, 4.69) is 193 Å². The van der Waals surface area contributed by atoms with Crippen LogP contribution in [-0.2, 0) is 0 Å². The maximum absolute atomic E-state index is 9.11. The Hall–Kier alpha value is -7.88. The first-order valence-corrected chi connectivity index (χ1v) is 20.0. The molecule has 0 bridgehead atoms. The third kappa shape index (κ3) is 6.00. The standard InChI is InChI=1S/C56H37N3/c57-56(39-15-2-1-3-16-39)58-51(49-22-10-13-25-54(49)59-52-23-11-8-20-46(52)47-21-9-12-24-53(47)59)33-27-37-26-28-41-35-43(30-29-40(41)34-37)55-45-19-7-5-17-42(45)36-50-44-18-6-4-14-38(44)31-32-48(50)55/h1-36,57H/b33-27+,57-56?,58-51?. The minimum absolute atomic E-state index is 0.210. The van der Waals surface area contributed by atoms with Crippen molar-refractivity contribution in [1.82, 2.24) is 4.57 Å². The Labute approximate surface area is 342 Å². The maximum atomic E-state index is 9.11. The number of para-hydroxylation sites is 3. The Kier molecular flexibility index (Phi) is 8.30. The SMILES string of the molecule is N=C(N=C(/C=C/c1ccc2cc(-c3c4ccccc4cc4c3ccc3ccccc34)ccc2c1)c1ccccc1-n1c2ccccc2c2ccccc21)c1ccccc1. The molecule has 0 saturated heterocycles. The summed E-state index contributed by atoms with van der Waals surface area (Å²) in [6.45, 7) is 0. The molecular weight excluding hydrogens is 715 g/mol. The van der Waals surface area contributed by atoms with Gasteiger partial charge in [0.25, 0.3) is 0 Å². The summed E-state index contributed by atoms with van der Waals surface area (Å²) in [6, 6.07) is 73.0. The molecule has 0 saturated carbocycles. The van der Waals surface area contributed by atoms with E-state index >= 15 is 0 Å². The molecule has 11 rings (SSSR count). The summed E-state index contributed by atoms with van der Waals surface area (Å²) in [7, 11) is 0. The lowest BCUT2D eigenvalue weighted by atomic mass is 9.89.